The van der Waals surface area contributed by atoms with E-state index in [1.165, 1.54) is 0 Å². The van der Waals surface area contributed by atoms with E-state index in [1.807, 2.05) is 11.6 Å². The molecule has 2 N–H and O–H groups in total. The number of nitrogens with one attached hydrogen (secondary N) is 1. The zero-order valence-corrected chi connectivity index (χ0v) is 10.1. The molecule has 0 saturated carbocycles. The molecule has 0 spiro atoms. The molecule has 1 atom stereocenters. The predicted molar refractivity (Wildman–Crippen MR) is 59.8 cm³/mol. The molecule has 0 aromatic carbocycles. The average Bonchev–Trinajstić information content (AvgIpc) is 2.62. The summed E-state index contributed by atoms with van der Waals surface area (Å²) < 4.78 is 6.78. The SMILES string of the molecule is COCCC(C)(O)CNCc1nncn1C. The van der Waals surface area contributed by atoms with Gasteiger partial charge in [0.1, 0.15) is 12.2 Å². The highest BCUT2D eigenvalue weighted by atomic mass is 16.5. The van der Waals surface area contributed by atoms with E-state index in [2.05, 4.69) is 15.5 Å². The van der Waals surface area contributed by atoms with Crippen LogP contribution in [0.25, 0.3) is 0 Å². The predicted octanol–water partition coefficient (Wildman–Crippen LogP) is -0.308. The standard InChI is InChI=1S/C10H20N4O2/c1-10(15,4-5-16-3)7-11-6-9-13-12-8-14(9)2/h8,11,15H,4-7H2,1-3H3. The highest BCUT2D eigenvalue weighted by molar-refractivity contribution is 4.84. The fourth-order valence-electron chi connectivity index (χ4n) is 1.32. The Morgan fingerprint density at radius 3 is 2.94 bits per heavy atom. The summed E-state index contributed by atoms with van der Waals surface area (Å²) in [5.41, 5.74) is -0.755. The van der Waals surface area contributed by atoms with Crippen molar-refractivity contribution in [3.8, 4) is 0 Å². The van der Waals surface area contributed by atoms with Gasteiger partial charge in [0.05, 0.1) is 12.1 Å². The Bertz CT molecular complexity index is 312. The number of aromatic nitrogens is 3. The molecular formula is C10H20N4O2. The van der Waals surface area contributed by atoms with Crippen LogP contribution in [0.5, 0.6) is 0 Å². The molecule has 0 radical (unpaired) electrons. The van der Waals surface area contributed by atoms with Crippen molar-refractivity contribution in [2.75, 3.05) is 20.3 Å². The summed E-state index contributed by atoms with van der Waals surface area (Å²) in [7, 11) is 3.52. The van der Waals surface area contributed by atoms with E-state index in [0.29, 0.717) is 26.1 Å². The number of aliphatic hydroxyl groups is 1. The maximum atomic E-state index is 9.96. The molecule has 0 amide bonds. The fourth-order valence-corrected chi connectivity index (χ4v) is 1.32. The minimum absolute atomic E-state index is 0.503. The number of hydrogen-bond donors (Lipinski definition) is 2. The lowest BCUT2D eigenvalue weighted by Crippen LogP contribution is -2.38. The second kappa shape index (κ2) is 5.93. The lowest BCUT2D eigenvalue weighted by Gasteiger charge is -2.23. The molecule has 1 aromatic rings. The van der Waals surface area contributed by atoms with Crippen molar-refractivity contribution >= 4 is 0 Å². The zero-order chi connectivity index (χ0) is 12.0. The van der Waals surface area contributed by atoms with Gasteiger partial charge in [-0.25, -0.2) is 0 Å². The van der Waals surface area contributed by atoms with Crippen molar-refractivity contribution in [3.63, 3.8) is 0 Å². The third-order valence-corrected chi connectivity index (χ3v) is 2.44. The van der Waals surface area contributed by atoms with Gasteiger partial charge in [0.25, 0.3) is 0 Å². The number of hydrogen-bond acceptors (Lipinski definition) is 5. The summed E-state index contributed by atoms with van der Waals surface area (Å²) >= 11 is 0. The Morgan fingerprint density at radius 2 is 2.38 bits per heavy atom. The maximum absolute atomic E-state index is 9.96. The Hall–Kier alpha value is -0.980. The van der Waals surface area contributed by atoms with Crippen molar-refractivity contribution < 1.29 is 9.84 Å². The topological polar surface area (TPSA) is 72.2 Å². The zero-order valence-electron chi connectivity index (χ0n) is 10.1. The molecule has 92 valence electrons. The highest BCUT2D eigenvalue weighted by Gasteiger charge is 2.19. The summed E-state index contributed by atoms with van der Waals surface area (Å²) in [4.78, 5) is 0. The van der Waals surface area contributed by atoms with E-state index < -0.39 is 5.60 Å². The molecular weight excluding hydrogens is 208 g/mol. The summed E-state index contributed by atoms with van der Waals surface area (Å²) in [5, 5.41) is 20.8. The first-order valence-corrected chi connectivity index (χ1v) is 5.30. The largest absolute Gasteiger partial charge is 0.389 e. The Balaban J connectivity index is 2.27. The van der Waals surface area contributed by atoms with Crippen LogP contribution in [-0.2, 0) is 18.3 Å². The van der Waals surface area contributed by atoms with Crippen molar-refractivity contribution in [1.29, 1.82) is 0 Å². The average molecular weight is 228 g/mol. The molecule has 6 heteroatoms. The number of methoxy groups -OCH3 is 1. The Labute approximate surface area is 95.6 Å². The van der Waals surface area contributed by atoms with Gasteiger partial charge in [0, 0.05) is 33.7 Å². The van der Waals surface area contributed by atoms with Crippen LogP contribution in [0.4, 0.5) is 0 Å². The monoisotopic (exact) mass is 228 g/mol. The second-order valence-corrected chi connectivity index (χ2v) is 4.20. The number of aryl methyl sites for hydroxylation is 1. The molecule has 0 bridgehead atoms. The van der Waals surface area contributed by atoms with Gasteiger partial charge < -0.3 is 19.7 Å². The van der Waals surface area contributed by atoms with Gasteiger partial charge in [0.15, 0.2) is 0 Å². The molecule has 0 aliphatic rings. The van der Waals surface area contributed by atoms with E-state index >= 15 is 0 Å². The van der Waals surface area contributed by atoms with E-state index in [9.17, 15) is 5.11 Å². The van der Waals surface area contributed by atoms with Crippen molar-refractivity contribution in [2.24, 2.45) is 7.05 Å². The molecule has 0 fully saturated rings. The lowest BCUT2D eigenvalue weighted by atomic mass is 10.0. The summed E-state index contributed by atoms with van der Waals surface area (Å²) in [5.74, 6) is 0.850. The quantitative estimate of drug-likeness (QED) is 0.670. The van der Waals surface area contributed by atoms with Crippen LogP contribution in [0.1, 0.15) is 19.2 Å². The van der Waals surface area contributed by atoms with Crippen molar-refractivity contribution in [3.05, 3.63) is 12.2 Å². The summed E-state index contributed by atoms with van der Waals surface area (Å²) in [6.07, 6.45) is 2.26. The van der Waals surface area contributed by atoms with Crippen LogP contribution in [0.2, 0.25) is 0 Å². The molecule has 1 rings (SSSR count). The first-order chi connectivity index (χ1) is 7.55. The molecule has 0 aliphatic carbocycles. The van der Waals surface area contributed by atoms with E-state index in [0.717, 1.165) is 5.82 Å². The molecule has 1 heterocycles. The van der Waals surface area contributed by atoms with E-state index in [1.54, 1.807) is 20.4 Å². The highest BCUT2D eigenvalue weighted by Crippen LogP contribution is 2.07. The smallest absolute Gasteiger partial charge is 0.146 e. The minimum Gasteiger partial charge on any atom is -0.389 e. The van der Waals surface area contributed by atoms with Crippen LogP contribution in [0.3, 0.4) is 0 Å². The second-order valence-electron chi connectivity index (χ2n) is 4.20. The third kappa shape index (κ3) is 4.26. The molecule has 1 unspecified atom stereocenters. The fraction of sp³-hybridized carbons (Fsp3) is 0.800. The van der Waals surface area contributed by atoms with Crippen LogP contribution < -0.4 is 5.32 Å². The minimum atomic E-state index is -0.755. The number of nitrogens with zero attached hydrogens (tertiary/aromatic N) is 3. The Kier molecular flexibility index (Phi) is 4.85. The van der Waals surface area contributed by atoms with Gasteiger partial charge in [-0.2, -0.15) is 0 Å². The normalized spacial score (nSPS) is 15.0. The number of rotatable bonds is 7. The van der Waals surface area contributed by atoms with Crippen molar-refractivity contribution in [2.45, 2.75) is 25.5 Å². The van der Waals surface area contributed by atoms with E-state index in [4.69, 9.17) is 4.74 Å². The third-order valence-electron chi connectivity index (χ3n) is 2.44. The molecule has 0 saturated heterocycles. The van der Waals surface area contributed by atoms with Gasteiger partial charge in [-0.1, -0.05) is 0 Å². The Morgan fingerprint density at radius 1 is 1.62 bits per heavy atom. The van der Waals surface area contributed by atoms with E-state index in [-0.39, 0.29) is 0 Å². The summed E-state index contributed by atoms with van der Waals surface area (Å²) in [6, 6.07) is 0. The molecule has 0 aliphatic heterocycles. The van der Waals surface area contributed by atoms with Crippen LogP contribution in [0.15, 0.2) is 6.33 Å². The maximum Gasteiger partial charge on any atom is 0.146 e. The van der Waals surface area contributed by atoms with Crippen LogP contribution >= 0.6 is 0 Å². The lowest BCUT2D eigenvalue weighted by molar-refractivity contribution is 0.0246. The molecule has 6 nitrogen and oxygen atoms in total. The van der Waals surface area contributed by atoms with Crippen LogP contribution in [-0.4, -0.2) is 45.7 Å². The molecule has 16 heavy (non-hydrogen) atoms. The van der Waals surface area contributed by atoms with Crippen LogP contribution in [0, 0.1) is 0 Å². The summed E-state index contributed by atoms with van der Waals surface area (Å²) in [6.45, 7) is 3.44. The van der Waals surface area contributed by atoms with Crippen molar-refractivity contribution in [1.82, 2.24) is 20.1 Å². The number of ether oxygens (including phenoxy) is 1. The van der Waals surface area contributed by atoms with Gasteiger partial charge in [-0.3, -0.25) is 0 Å². The van der Waals surface area contributed by atoms with Gasteiger partial charge in [-0.05, 0) is 6.92 Å². The van der Waals surface area contributed by atoms with Gasteiger partial charge >= 0.3 is 0 Å². The first kappa shape index (κ1) is 13.1. The molecule has 1 aromatic heterocycles. The van der Waals surface area contributed by atoms with Gasteiger partial charge in [-0.15, -0.1) is 10.2 Å². The first-order valence-electron chi connectivity index (χ1n) is 5.30. The van der Waals surface area contributed by atoms with Gasteiger partial charge in [0.2, 0.25) is 0 Å².